The van der Waals surface area contributed by atoms with Gasteiger partial charge in [-0.1, -0.05) is 37.3 Å². The molecule has 8 nitrogen and oxygen atoms in total. The Morgan fingerprint density at radius 1 is 0.973 bits per heavy atom. The van der Waals surface area contributed by atoms with Gasteiger partial charge in [-0.3, -0.25) is 4.79 Å². The van der Waals surface area contributed by atoms with Crippen molar-refractivity contribution < 1.29 is 33.3 Å². The van der Waals surface area contributed by atoms with E-state index in [0.717, 1.165) is 35.3 Å². The zero-order chi connectivity index (χ0) is 26.2. The van der Waals surface area contributed by atoms with Crippen molar-refractivity contribution in [3.05, 3.63) is 76.2 Å². The Kier molecular flexibility index (Phi) is 8.79. The van der Waals surface area contributed by atoms with Crippen molar-refractivity contribution in [3.8, 4) is 11.5 Å². The second-order valence-electron chi connectivity index (χ2n) is 8.79. The Bertz CT molecular complexity index is 1240. The third kappa shape index (κ3) is 7.10. The Hall–Kier alpha value is -3.85. The molecule has 194 valence electrons. The van der Waals surface area contributed by atoms with Crippen LogP contribution in [0.2, 0.25) is 0 Å². The third-order valence-electron chi connectivity index (χ3n) is 5.95. The number of ether oxygens (including phenoxy) is 4. The first-order chi connectivity index (χ1) is 17.9. The van der Waals surface area contributed by atoms with Crippen LogP contribution in [0.25, 0.3) is 0 Å². The summed E-state index contributed by atoms with van der Waals surface area (Å²) < 4.78 is 21.1. The van der Waals surface area contributed by atoms with Gasteiger partial charge in [-0.25, -0.2) is 9.59 Å². The molecule has 1 aromatic heterocycles. The molecular formula is C28H29NO7S. The smallest absolute Gasteiger partial charge is 0.344 e. The molecule has 1 aliphatic rings. The molecule has 9 heteroatoms. The molecule has 0 unspecified atom stereocenters. The normalized spacial score (nSPS) is 14.3. The van der Waals surface area contributed by atoms with Crippen molar-refractivity contribution in [2.24, 2.45) is 5.92 Å². The van der Waals surface area contributed by atoms with Crippen LogP contribution in [0.5, 0.6) is 11.5 Å². The molecule has 1 aliphatic carbocycles. The predicted octanol–water partition coefficient (Wildman–Crippen LogP) is 4.80. The molecule has 0 saturated heterocycles. The molecule has 0 spiro atoms. The number of benzene rings is 2. The summed E-state index contributed by atoms with van der Waals surface area (Å²) in [7, 11) is 1.32. The van der Waals surface area contributed by atoms with Crippen molar-refractivity contribution in [3.63, 3.8) is 0 Å². The van der Waals surface area contributed by atoms with Crippen molar-refractivity contribution in [1.29, 1.82) is 0 Å². The van der Waals surface area contributed by atoms with E-state index in [1.165, 1.54) is 18.4 Å². The minimum atomic E-state index is -0.688. The van der Waals surface area contributed by atoms with Crippen molar-refractivity contribution in [2.45, 2.75) is 32.8 Å². The quantitative estimate of drug-likeness (QED) is 0.381. The van der Waals surface area contributed by atoms with Crippen LogP contribution in [0.4, 0.5) is 5.00 Å². The summed E-state index contributed by atoms with van der Waals surface area (Å²) in [6.07, 6.45) is 2.59. The van der Waals surface area contributed by atoms with Crippen LogP contribution in [0.1, 0.15) is 39.7 Å². The molecule has 37 heavy (non-hydrogen) atoms. The van der Waals surface area contributed by atoms with E-state index < -0.39 is 24.5 Å². The Morgan fingerprint density at radius 3 is 2.38 bits per heavy atom. The molecule has 1 atom stereocenters. The van der Waals surface area contributed by atoms with Crippen LogP contribution < -0.4 is 14.8 Å². The first kappa shape index (κ1) is 26.2. The first-order valence-electron chi connectivity index (χ1n) is 12.0. The number of esters is 2. The molecular weight excluding hydrogens is 494 g/mol. The lowest BCUT2D eigenvalue weighted by Crippen LogP contribution is -2.24. The zero-order valence-corrected chi connectivity index (χ0v) is 21.6. The SMILES string of the molecule is COC(=O)c1c(NC(=O)COC(=O)COc2ccc(OCc3ccccc3)cc2)sc2c1CC[C@@H](C)C2. The van der Waals surface area contributed by atoms with E-state index in [9.17, 15) is 14.4 Å². The van der Waals surface area contributed by atoms with Crippen LogP contribution in [0.3, 0.4) is 0 Å². The van der Waals surface area contributed by atoms with Gasteiger partial charge in [0.2, 0.25) is 0 Å². The van der Waals surface area contributed by atoms with Crippen LogP contribution in [0, 0.1) is 5.92 Å². The highest BCUT2D eigenvalue weighted by Crippen LogP contribution is 2.40. The molecule has 0 saturated carbocycles. The average molecular weight is 524 g/mol. The van der Waals surface area contributed by atoms with E-state index in [2.05, 4.69) is 12.2 Å². The molecule has 4 rings (SSSR count). The second kappa shape index (κ2) is 12.4. The van der Waals surface area contributed by atoms with Crippen LogP contribution in [-0.4, -0.2) is 38.2 Å². The van der Waals surface area contributed by atoms with Crippen LogP contribution in [0.15, 0.2) is 54.6 Å². The number of hydrogen-bond donors (Lipinski definition) is 1. The van der Waals surface area contributed by atoms with E-state index >= 15 is 0 Å². The molecule has 2 aromatic carbocycles. The van der Waals surface area contributed by atoms with Gasteiger partial charge in [0, 0.05) is 4.88 Å². The lowest BCUT2D eigenvalue weighted by atomic mass is 9.88. The van der Waals surface area contributed by atoms with Crippen molar-refractivity contribution in [1.82, 2.24) is 0 Å². The van der Waals surface area contributed by atoms with E-state index in [0.29, 0.717) is 34.6 Å². The number of anilines is 1. The van der Waals surface area contributed by atoms with Crippen LogP contribution >= 0.6 is 11.3 Å². The van der Waals surface area contributed by atoms with E-state index in [-0.39, 0.29) is 6.61 Å². The molecule has 0 radical (unpaired) electrons. The number of carbonyl (C=O) groups excluding carboxylic acids is 3. The number of thiophene rings is 1. The maximum Gasteiger partial charge on any atom is 0.344 e. The fourth-order valence-electron chi connectivity index (χ4n) is 4.02. The average Bonchev–Trinajstić information content (AvgIpc) is 3.26. The first-order valence-corrected chi connectivity index (χ1v) is 12.8. The van der Waals surface area contributed by atoms with Crippen LogP contribution in [-0.2, 0) is 38.5 Å². The second-order valence-corrected chi connectivity index (χ2v) is 9.90. The highest BCUT2D eigenvalue weighted by molar-refractivity contribution is 7.17. The van der Waals surface area contributed by atoms with Crippen molar-refractivity contribution in [2.75, 3.05) is 25.6 Å². The lowest BCUT2D eigenvalue weighted by molar-refractivity contribution is -0.149. The standard InChI is InChI=1S/C28H29NO7S/c1-18-8-13-22-23(14-18)37-27(26(22)28(32)33-2)29-24(30)16-36-25(31)17-35-21-11-9-20(10-12-21)34-15-19-6-4-3-5-7-19/h3-7,9-12,18H,8,13-17H2,1-2H3,(H,29,30)/t18-/m1/s1. The van der Waals surface area contributed by atoms with Gasteiger partial charge in [0.05, 0.1) is 12.7 Å². The van der Waals surface area contributed by atoms with Gasteiger partial charge < -0.3 is 24.3 Å². The number of nitrogens with one attached hydrogen (secondary N) is 1. The highest BCUT2D eigenvalue weighted by Gasteiger charge is 2.29. The summed E-state index contributed by atoms with van der Waals surface area (Å²) in [4.78, 5) is 38.0. The van der Waals surface area contributed by atoms with E-state index in [4.69, 9.17) is 18.9 Å². The zero-order valence-electron chi connectivity index (χ0n) is 20.8. The fourth-order valence-corrected chi connectivity index (χ4v) is 5.44. The topological polar surface area (TPSA) is 100 Å². The van der Waals surface area contributed by atoms with E-state index in [1.54, 1.807) is 24.3 Å². The van der Waals surface area contributed by atoms with Gasteiger partial charge in [0.1, 0.15) is 23.1 Å². The monoisotopic (exact) mass is 523 g/mol. The molecule has 0 bridgehead atoms. The number of carbonyl (C=O) groups is 3. The molecule has 1 amide bonds. The minimum Gasteiger partial charge on any atom is -0.489 e. The highest BCUT2D eigenvalue weighted by atomic mass is 32.1. The Morgan fingerprint density at radius 2 is 1.68 bits per heavy atom. The molecule has 0 fully saturated rings. The number of amides is 1. The Labute approximate surface area is 219 Å². The number of hydrogen-bond acceptors (Lipinski definition) is 8. The Balaban J connectivity index is 1.23. The third-order valence-corrected chi connectivity index (χ3v) is 7.12. The van der Waals surface area contributed by atoms with Gasteiger partial charge >= 0.3 is 11.9 Å². The maximum absolute atomic E-state index is 12.4. The molecule has 1 N–H and O–H groups in total. The summed E-state index contributed by atoms with van der Waals surface area (Å²) >= 11 is 1.37. The van der Waals surface area contributed by atoms with Gasteiger partial charge in [-0.05, 0) is 60.6 Å². The summed E-state index contributed by atoms with van der Waals surface area (Å²) in [5, 5.41) is 3.13. The van der Waals surface area contributed by atoms with E-state index in [1.807, 2.05) is 30.3 Å². The fraction of sp³-hybridized carbons (Fsp3) is 0.321. The number of fused-ring (bicyclic) bond motifs is 1. The van der Waals surface area contributed by atoms with Gasteiger partial charge in [0.25, 0.3) is 5.91 Å². The molecule has 1 heterocycles. The summed E-state index contributed by atoms with van der Waals surface area (Å²) in [5.41, 5.74) is 2.39. The number of rotatable bonds is 10. The van der Waals surface area contributed by atoms with Gasteiger partial charge in [0.15, 0.2) is 13.2 Å². The summed E-state index contributed by atoms with van der Waals surface area (Å²) in [6.45, 7) is 1.77. The van der Waals surface area contributed by atoms with Gasteiger partial charge in [-0.15, -0.1) is 11.3 Å². The maximum atomic E-state index is 12.4. The summed E-state index contributed by atoms with van der Waals surface area (Å²) in [5.74, 6) is -0.0541. The molecule has 0 aliphatic heterocycles. The van der Waals surface area contributed by atoms with Crippen molar-refractivity contribution >= 4 is 34.2 Å². The summed E-state index contributed by atoms with van der Waals surface area (Å²) in [6, 6.07) is 16.7. The number of methoxy groups -OCH3 is 1. The molecule has 3 aromatic rings. The van der Waals surface area contributed by atoms with Gasteiger partial charge in [-0.2, -0.15) is 0 Å². The minimum absolute atomic E-state index is 0.351. The largest absolute Gasteiger partial charge is 0.489 e. The lowest BCUT2D eigenvalue weighted by Gasteiger charge is -2.18. The predicted molar refractivity (Wildman–Crippen MR) is 139 cm³/mol.